The lowest BCUT2D eigenvalue weighted by Gasteiger charge is -2.17. The SMILES string of the molecule is COc1ccc(-c2cc(-c3cccc(Cl)c3)nc(N)c2C#N)c(OC)c1OC. The van der Waals surface area contributed by atoms with Gasteiger partial charge in [0.1, 0.15) is 17.5 Å². The molecule has 2 aromatic carbocycles. The molecule has 0 aliphatic rings. The van der Waals surface area contributed by atoms with Crippen LogP contribution in [0.1, 0.15) is 5.56 Å². The minimum absolute atomic E-state index is 0.117. The van der Waals surface area contributed by atoms with Crippen LogP contribution in [0, 0.1) is 11.3 Å². The summed E-state index contributed by atoms with van der Waals surface area (Å²) in [6, 6.07) is 14.7. The second kappa shape index (κ2) is 8.07. The topological polar surface area (TPSA) is 90.4 Å². The summed E-state index contributed by atoms with van der Waals surface area (Å²) in [4.78, 5) is 4.37. The van der Waals surface area contributed by atoms with Crippen molar-refractivity contribution in [3.63, 3.8) is 0 Å². The van der Waals surface area contributed by atoms with Gasteiger partial charge in [0.2, 0.25) is 5.75 Å². The molecule has 3 aromatic rings. The monoisotopic (exact) mass is 395 g/mol. The van der Waals surface area contributed by atoms with Crippen LogP contribution in [0.15, 0.2) is 42.5 Å². The zero-order valence-electron chi connectivity index (χ0n) is 15.6. The Hall–Kier alpha value is -3.43. The number of halogens is 1. The molecule has 0 aliphatic carbocycles. The molecule has 28 heavy (non-hydrogen) atoms. The van der Waals surface area contributed by atoms with E-state index in [1.807, 2.05) is 12.1 Å². The van der Waals surface area contributed by atoms with Gasteiger partial charge in [-0.25, -0.2) is 4.98 Å². The molecule has 1 aromatic heterocycles. The first-order chi connectivity index (χ1) is 13.5. The molecule has 0 aliphatic heterocycles. The highest BCUT2D eigenvalue weighted by Crippen LogP contribution is 2.46. The Morgan fingerprint density at radius 3 is 2.32 bits per heavy atom. The highest BCUT2D eigenvalue weighted by Gasteiger charge is 2.21. The van der Waals surface area contributed by atoms with E-state index in [0.29, 0.717) is 39.1 Å². The van der Waals surface area contributed by atoms with E-state index >= 15 is 0 Å². The summed E-state index contributed by atoms with van der Waals surface area (Å²) in [6.07, 6.45) is 0. The van der Waals surface area contributed by atoms with Crippen molar-refractivity contribution in [2.45, 2.75) is 0 Å². The smallest absolute Gasteiger partial charge is 0.203 e. The van der Waals surface area contributed by atoms with Gasteiger partial charge in [0.05, 0.1) is 27.0 Å². The van der Waals surface area contributed by atoms with Crippen molar-refractivity contribution in [3.05, 3.63) is 53.1 Å². The van der Waals surface area contributed by atoms with Crippen LogP contribution in [0.5, 0.6) is 17.2 Å². The first-order valence-electron chi connectivity index (χ1n) is 8.29. The van der Waals surface area contributed by atoms with Gasteiger partial charge in [-0.15, -0.1) is 0 Å². The minimum atomic E-state index is 0.117. The number of nitrogen functional groups attached to an aromatic ring is 1. The standard InChI is InChI=1S/C21H18ClN3O3/c1-26-18-8-7-14(19(27-2)20(18)28-3)15-10-17(25-21(24)16(15)11-23)12-5-4-6-13(22)9-12/h4-10H,1-3H3,(H2,24,25). The van der Waals surface area contributed by atoms with Crippen LogP contribution in [0.3, 0.4) is 0 Å². The predicted octanol–water partition coefficient (Wildman–Crippen LogP) is 4.55. The van der Waals surface area contributed by atoms with Gasteiger partial charge in [0.15, 0.2) is 11.5 Å². The predicted molar refractivity (Wildman–Crippen MR) is 109 cm³/mol. The van der Waals surface area contributed by atoms with Crippen molar-refractivity contribution in [1.82, 2.24) is 4.98 Å². The lowest BCUT2D eigenvalue weighted by molar-refractivity contribution is 0.325. The summed E-state index contributed by atoms with van der Waals surface area (Å²) in [6.45, 7) is 0. The third-order valence-corrected chi connectivity index (χ3v) is 4.51. The molecule has 0 unspecified atom stereocenters. The zero-order valence-corrected chi connectivity index (χ0v) is 16.4. The Kier molecular flexibility index (Phi) is 5.57. The van der Waals surface area contributed by atoms with E-state index < -0.39 is 0 Å². The first kappa shape index (κ1) is 19.3. The van der Waals surface area contributed by atoms with Gasteiger partial charge in [-0.05, 0) is 30.3 Å². The van der Waals surface area contributed by atoms with Crippen LogP contribution in [0.2, 0.25) is 5.02 Å². The number of pyridine rings is 1. The number of nitriles is 1. The number of benzene rings is 2. The molecule has 0 atom stereocenters. The van der Waals surface area contributed by atoms with Gasteiger partial charge in [-0.1, -0.05) is 23.7 Å². The van der Waals surface area contributed by atoms with Crippen molar-refractivity contribution in [3.8, 4) is 45.7 Å². The number of anilines is 1. The molecule has 3 rings (SSSR count). The molecule has 0 bridgehead atoms. The molecule has 1 heterocycles. The summed E-state index contributed by atoms with van der Waals surface area (Å²) in [5, 5.41) is 10.2. The van der Waals surface area contributed by atoms with Crippen LogP contribution >= 0.6 is 11.6 Å². The highest BCUT2D eigenvalue weighted by atomic mass is 35.5. The third-order valence-electron chi connectivity index (χ3n) is 4.27. The fourth-order valence-corrected chi connectivity index (χ4v) is 3.19. The molecule has 142 valence electrons. The van der Waals surface area contributed by atoms with E-state index in [1.54, 1.807) is 37.4 Å². The molecule has 0 fully saturated rings. The lowest BCUT2D eigenvalue weighted by Crippen LogP contribution is -2.02. The number of methoxy groups -OCH3 is 3. The molecule has 0 amide bonds. The van der Waals surface area contributed by atoms with Crippen LogP contribution in [0.4, 0.5) is 5.82 Å². The van der Waals surface area contributed by atoms with Crippen molar-refractivity contribution < 1.29 is 14.2 Å². The normalized spacial score (nSPS) is 10.2. The number of rotatable bonds is 5. The van der Waals surface area contributed by atoms with Gasteiger partial charge in [0, 0.05) is 21.7 Å². The van der Waals surface area contributed by atoms with Crippen LogP contribution in [-0.4, -0.2) is 26.3 Å². The number of nitrogens with two attached hydrogens (primary N) is 1. The fourth-order valence-electron chi connectivity index (χ4n) is 3.00. The number of aromatic nitrogens is 1. The summed E-state index contributed by atoms with van der Waals surface area (Å²) in [5.74, 6) is 1.48. The molecule has 0 radical (unpaired) electrons. The molecule has 0 saturated carbocycles. The van der Waals surface area contributed by atoms with E-state index in [4.69, 9.17) is 31.5 Å². The maximum absolute atomic E-state index is 9.67. The maximum Gasteiger partial charge on any atom is 0.203 e. The van der Waals surface area contributed by atoms with E-state index in [0.717, 1.165) is 5.56 Å². The Morgan fingerprint density at radius 2 is 1.71 bits per heavy atom. The van der Waals surface area contributed by atoms with Gasteiger partial charge in [-0.3, -0.25) is 0 Å². The van der Waals surface area contributed by atoms with Crippen LogP contribution in [0.25, 0.3) is 22.4 Å². The minimum Gasteiger partial charge on any atom is -0.493 e. The Bertz CT molecular complexity index is 1080. The van der Waals surface area contributed by atoms with E-state index in [-0.39, 0.29) is 11.4 Å². The molecular formula is C21H18ClN3O3. The van der Waals surface area contributed by atoms with Crippen LogP contribution in [-0.2, 0) is 0 Å². The maximum atomic E-state index is 9.67. The van der Waals surface area contributed by atoms with Gasteiger partial charge in [0.25, 0.3) is 0 Å². The average Bonchev–Trinajstić information content (AvgIpc) is 2.71. The zero-order chi connectivity index (χ0) is 20.3. The molecule has 6 nitrogen and oxygen atoms in total. The summed E-state index contributed by atoms with van der Waals surface area (Å²) < 4.78 is 16.4. The molecule has 0 saturated heterocycles. The lowest BCUT2D eigenvalue weighted by atomic mass is 9.97. The average molecular weight is 396 g/mol. The van der Waals surface area contributed by atoms with E-state index in [1.165, 1.54) is 14.2 Å². The van der Waals surface area contributed by atoms with Crippen molar-refractivity contribution in [1.29, 1.82) is 5.26 Å². The number of ether oxygens (including phenoxy) is 3. The van der Waals surface area contributed by atoms with E-state index in [2.05, 4.69) is 11.1 Å². The number of hydrogen-bond acceptors (Lipinski definition) is 6. The largest absolute Gasteiger partial charge is 0.493 e. The van der Waals surface area contributed by atoms with Crippen molar-refractivity contribution in [2.24, 2.45) is 0 Å². The van der Waals surface area contributed by atoms with Crippen LogP contribution < -0.4 is 19.9 Å². The van der Waals surface area contributed by atoms with Gasteiger partial charge in [-0.2, -0.15) is 5.26 Å². The summed E-state index contributed by atoms with van der Waals surface area (Å²) in [5.41, 5.74) is 8.92. The number of hydrogen-bond donors (Lipinski definition) is 1. The van der Waals surface area contributed by atoms with Crippen molar-refractivity contribution in [2.75, 3.05) is 27.1 Å². The molecule has 7 heteroatoms. The summed E-state index contributed by atoms with van der Waals surface area (Å²) >= 11 is 6.11. The van der Waals surface area contributed by atoms with Gasteiger partial charge >= 0.3 is 0 Å². The molecule has 2 N–H and O–H groups in total. The second-order valence-electron chi connectivity index (χ2n) is 5.82. The first-order valence-corrected chi connectivity index (χ1v) is 8.67. The van der Waals surface area contributed by atoms with E-state index in [9.17, 15) is 5.26 Å². The van der Waals surface area contributed by atoms with Gasteiger partial charge < -0.3 is 19.9 Å². The fraction of sp³-hybridized carbons (Fsp3) is 0.143. The molecule has 0 spiro atoms. The third kappa shape index (κ3) is 3.40. The Balaban J connectivity index is 2.31. The second-order valence-corrected chi connectivity index (χ2v) is 6.26. The quantitative estimate of drug-likeness (QED) is 0.681. The Morgan fingerprint density at radius 1 is 0.964 bits per heavy atom. The van der Waals surface area contributed by atoms with Crippen molar-refractivity contribution >= 4 is 17.4 Å². The Labute approximate surface area is 168 Å². The summed E-state index contributed by atoms with van der Waals surface area (Å²) in [7, 11) is 4.59. The number of nitrogens with zero attached hydrogens (tertiary/aromatic N) is 2. The highest BCUT2D eigenvalue weighted by molar-refractivity contribution is 6.30. The molecular weight excluding hydrogens is 378 g/mol.